The Balaban J connectivity index is 2.23. The van der Waals surface area contributed by atoms with Gasteiger partial charge in [-0.25, -0.2) is 4.21 Å². The summed E-state index contributed by atoms with van der Waals surface area (Å²) >= 11 is 0. The first-order chi connectivity index (χ1) is 9.97. The van der Waals surface area contributed by atoms with E-state index in [4.69, 9.17) is 0 Å². The molecular formula is C18H21NOS. The van der Waals surface area contributed by atoms with Crippen LogP contribution in [0.3, 0.4) is 0 Å². The lowest BCUT2D eigenvalue weighted by atomic mass is 9.81. The lowest BCUT2D eigenvalue weighted by Crippen LogP contribution is -2.33. The molecule has 3 heteroatoms. The second-order valence-electron chi connectivity index (χ2n) is 6.12. The number of hydrogen-bond donors (Lipinski definition) is 0. The van der Waals surface area contributed by atoms with Crippen molar-refractivity contribution in [2.75, 3.05) is 5.75 Å². The van der Waals surface area contributed by atoms with Crippen LogP contribution in [0, 0.1) is 6.92 Å². The first kappa shape index (κ1) is 14.3. The van der Waals surface area contributed by atoms with Gasteiger partial charge in [-0.2, -0.15) is 4.36 Å². The second-order valence-corrected chi connectivity index (χ2v) is 8.34. The van der Waals surface area contributed by atoms with Crippen molar-refractivity contribution in [3.05, 3.63) is 59.7 Å². The van der Waals surface area contributed by atoms with Crippen molar-refractivity contribution in [3.8, 4) is 0 Å². The van der Waals surface area contributed by atoms with Crippen LogP contribution < -0.4 is 0 Å². The topological polar surface area (TPSA) is 29.4 Å². The van der Waals surface area contributed by atoms with Crippen LogP contribution in [0.15, 0.2) is 57.8 Å². The van der Waals surface area contributed by atoms with Crippen molar-refractivity contribution < 1.29 is 4.21 Å². The van der Waals surface area contributed by atoms with Crippen LogP contribution in [0.25, 0.3) is 0 Å². The van der Waals surface area contributed by atoms with Crippen LogP contribution in [0.4, 0.5) is 5.69 Å². The zero-order chi connectivity index (χ0) is 15.1. The van der Waals surface area contributed by atoms with Gasteiger partial charge in [0.15, 0.2) is 0 Å². The fourth-order valence-corrected chi connectivity index (χ4v) is 5.54. The van der Waals surface area contributed by atoms with Gasteiger partial charge in [-0.1, -0.05) is 49.7 Å². The average molecular weight is 299 g/mol. The van der Waals surface area contributed by atoms with Crippen molar-refractivity contribution in [3.63, 3.8) is 0 Å². The maximum atomic E-state index is 13.5. The highest BCUT2D eigenvalue weighted by molar-refractivity contribution is 7.93. The Bertz CT molecular complexity index is 785. The third-order valence-corrected chi connectivity index (χ3v) is 7.01. The molecule has 0 fully saturated rings. The Labute approximate surface area is 127 Å². The van der Waals surface area contributed by atoms with Crippen LogP contribution >= 0.6 is 0 Å². The van der Waals surface area contributed by atoms with E-state index in [0.717, 1.165) is 17.0 Å². The lowest BCUT2D eigenvalue weighted by molar-refractivity contribution is 0.504. The Kier molecular flexibility index (Phi) is 3.40. The highest BCUT2D eigenvalue weighted by Crippen LogP contribution is 2.42. The normalized spacial score (nSPS) is 27.8. The summed E-state index contributed by atoms with van der Waals surface area (Å²) in [5, 5.41) is 0. The Morgan fingerprint density at radius 1 is 1.14 bits per heavy atom. The molecule has 0 saturated carbocycles. The number of fused-ring (bicyclic) bond motifs is 1. The number of hydrogen-bond acceptors (Lipinski definition) is 2. The molecule has 0 amide bonds. The zero-order valence-corrected chi connectivity index (χ0v) is 13.6. The summed E-state index contributed by atoms with van der Waals surface area (Å²) in [6.45, 7) is 6.41. The van der Waals surface area contributed by atoms with Gasteiger partial charge < -0.3 is 0 Å². The van der Waals surface area contributed by atoms with Gasteiger partial charge in [0.05, 0.1) is 15.4 Å². The highest BCUT2D eigenvalue weighted by atomic mass is 32.2. The number of benzene rings is 2. The molecule has 2 atom stereocenters. The van der Waals surface area contributed by atoms with E-state index in [9.17, 15) is 4.21 Å². The van der Waals surface area contributed by atoms with E-state index in [2.05, 4.69) is 24.3 Å². The summed E-state index contributed by atoms with van der Waals surface area (Å²) in [6.07, 6.45) is 0.961. The second kappa shape index (κ2) is 4.99. The van der Waals surface area contributed by atoms with Crippen LogP contribution in [0.5, 0.6) is 0 Å². The summed E-state index contributed by atoms with van der Waals surface area (Å²) < 4.78 is 18.1. The summed E-state index contributed by atoms with van der Waals surface area (Å²) in [5.74, 6) is 0.594. The molecule has 21 heavy (non-hydrogen) atoms. The van der Waals surface area contributed by atoms with E-state index in [1.807, 2.05) is 49.4 Å². The van der Waals surface area contributed by atoms with Gasteiger partial charge in [-0.3, -0.25) is 0 Å². The van der Waals surface area contributed by atoms with E-state index in [-0.39, 0.29) is 5.41 Å². The van der Waals surface area contributed by atoms with Crippen molar-refractivity contribution >= 4 is 15.4 Å². The van der Waals surface area contributed by atoms with Crippen LogP contribution in [-0.4, -0.2) is 9.96 Å². The van der Waals surface area contributed by atoms with Crippen LogP contribution in [-0.2, 0) is 15.1 Å². The predicted octanol–water partition coefficient (Wildman–Crippen LogP) is 4.83. The Morgan fingerprint density at radius 3 is 2.48 bits per heavy atom. The summed E-state index contributed by atoms with van der Waals surface area (Å²) in [7, 11) is -2.39. The van der Waals surface area contributed by atoms with E-state index in [1.54, 1.807) is 0 Å². The third kappa shape index (κ3) is 2.40. The molecule has 0 aromatic heterocycles. The summed E-state index contributed by atoms with van der Waals surface area (Å²) in [6, 6.07) is 16.1. The number of nitrogens with zero attached hydrogens (tertiary/aromatic N) is 1. The van der Waals surface area contributed by atoms with Crippen molar-refractivity contribution in [2.24, 2.45) is 4.36 Å². The standard InChI is InChI=1S/C18H21NOS/c1-4-18(3)13-21(20,15-11-9-14(2)10-12-15)19-17-8-6-5-7-16(17)18/h5-12H,4,13H2,1-3H3/t18-,21?/m1/s1. The smallest absolute Gasteiger partial charge is 0.0809 e. The molecule has 1 heterocycles. The first-order valence-electron chi connectivity index (χ1n) is 7.38. The largest absolute Gasteiger partial charge is 0.244 e. The van der Waals surface area contributed by atoms with Crippen LogP contribution in [0.2, 0.25) is 0 Å². The van der Waals surface area contributed by atoms with Gasteiger partial charge in [0.2, 0.25) is 0 Å². The monoisotopic (exact) mass is 299 g/mol. The fourth-order valence-electron chi connectivity index (χ4n) is 2.94. The lowest BCUT2D eigenvalue weighted by Gasteiger charge is -2.35. The Morgan fingerprint density at radius 2 is 1.81 bits per heavy atom. The predicted molar refractivity (Wildman–Crippen MR) is 88.6 cm³/mol. The van der Waals surface area contributed by atoms with Gasteiger partial charge in [0, 0.05) is 16.1 Å². The van der Waals surface area contributed by atoms with E-state index >= 15 is 0 Å². The molecule has 3 rings (SSSR count). The maximum absolute atomic E-state index is 13.5. The van der Waals surface area contributed by atoms with E-state index in [1.165, 1.54) is 11.1 Å². The fraction of sp³-hybridized carbons (Fsp3) is 0.333. The van der Waals surface area contributed by atoms with Gasteiger partial charge in [-0.05, 0) is 37.1 Å². The van der Waals surface area contributed by atoms with E-state index < -0.39 is 9.73 Å². The number of rotatable bonds is 2. The van der Waals surface area contributed by atoms with Gasteiger partial charge in [-0.15, -0.1) is 0 Å². The molecule has 2 aromatic rings. The summed E-state index contributed by atoms with van der Waals surface area (Å²) in [4.78, 5) is 0.849. The molecule has 0 radical (unpaired) electrons. The van der Waals surface area contributed by atoms with Crippen molar-refractivity contribution in [1.82, 2.24) is 0 Å². The van der Waals surface area contributed by atoms with Crippen LogP contribution in [0.1, 0.15) is 31.4 Å². The minimum Gasteiger partial charge on any atom is -0.244 e. The average Bonchev–Trinajstić information content (AvgIpc) is 2.47. The first-order valence-corrected chi connectivity index (χ1v) is 9.06. The molecule has 110 valence electrons. The molecule has 1 aliphatic heterocycles. The molecular weight excluding hydrogens is 278 g/mol. The third-order valence-electron chi connectivity index (χ3n) is 4.48. The number of aryl methyl sites for hydroxylation is 1. The minimum absolute atomic E-state index is 0.0830. The summed E-state index contributed by atoms with van der Waals surface area (Å²) in [5.41, 5.74) is 3.20. The quantitative estimate of drug-likeness (QED) is 0.780. The molecule has 1 unspecified atom stereocenters. The molecule has 0 aliphatic carbocycles. The van der Waals surface area contributed by atoms with Gasteiger partial charge in [0.1, 0.15) is 0 Å². The van der Waals surface area contributed by atoms with E-state index in [0.29, 0.717) is 5.75 Å². The van der Waals surface area contributed by atoms with Crippen molar-refractivity contribution in [1.29, 1.82) is 0 Å². The van der Waals surface area contributed by atoms with Gasteiger partial charge in [0.25, 0.3) is 0 Å². The Hall–Kier alpha value is -1.61. The molecule has 2 aromatic carbocycles. The minimum atomic E-state index is -2.39. The molecule has 0 N–H and O–H groups in total. The molecule has 0 bridgehead atoms. The SMILES string of the molecule is CC[C@]1(C)CS(=O)(c2ccc(C)cc2)=Nc2ccccc21. The molecule has 2 nitrogen and oxygen atoms in total. The molecule has 0 spiro atoms. The van der Waals surface area contributed by atoms with Crippen molar-refractivity contribution in [2.45, 2.75) is 37.5 Å². The zero-order valence-electron chi connectivity index (χ0n) is 12.8. The highest BCUT2D eigenvalue weighted by Gasteiger charge is 2.36. The van der Waals surface area contributed by atoms with Gasteiger partial charge >= 0.3 is 0 Å². The maximum Gasteiger partial charge on any atom is 0.0809 e. The molecule has 1 aliphatic rings. The molecule has 0 saturated heterocycles.